The minimum Gasteiger partial charge on any atom is -0.497 e. The standard InChI is InChI=1S/C14H21FN2O/c1-18-13-4-5-14(15)11(9-13)10-17-7-2-3-12(16)6-8-17/h4-5,9,12H,2-3,6-8,10,16H2,1H3/t12-/m1/s1. The second-order valence-electron chi connectivity index (χ2n) is 4.92. The van der Waals surface area contributed by atoms with Crippen LogP contribution in [0.15, 0.2) is 18.2 Å². The maximum atomic E-state index is 13.7. The van der Waals surface area contributed by atoms with Gasteiger partial charge in [-0.05, 0) is 50.6 Å². The first-order chi connectivity index (χ1) is 8.69. The van der Waals surface area contributed by atoms with Crippen molar-refractivity contribution in [3.63, 3.8) is 0 Å². The molecule has 4 heteroatoms. The van der Waals surface area contributed by atoms with Crippen molar-refractivity contribution in [2.75, 3.05) is 20.2 Å². The zero-order valence-electron chi connectivity index (χ0n) is 10.9. The maximum Gasteiger partial charge on any atom is 0.127 e. The van der Waals surface area contributed by atoms with Crippen LogP contribution in [-0.4, -0.2) is 31.1 Å². The van der Waals surface area contributed by atoms with E-state index in [1.54, 1.807) is 19.2 Å². The summed E-state index contributed by atoms with van der Waals surface area (Å²) in [5.41, 5.74) is 6.64. The van der Waals surface area contributed by atoms with Crippen molar-refractivity contribution in [1.82, 2.24) is 4.90 Å². The van der Waals surface area contributed by atoms with Gasteiger partial charge in [0.05, 0.1) is 7.11 Å². The largest absolute Gasteiger partial charge is 0.497 e. The Morgan fingerprint density at radius 2 is 2.22 bits per heavy atom. The molecule has 2 rings (SSSR count). The van der Waals surface area contributed by atoms with Gasteiger partial charge in [0.25, 0.3) is 0 Å². The molecule has 1 saturated heterocycles. The second-order valence-corrected chi connectivity index (χ2v) is 4.92. The first-order valence-electron chi connectivity index (χ1n) is 6.49. The van der Waals surface area contributed by atoms with Crippen molar-refractivity contribution in [3.05, 3.63) is 29.6 Å². The van der Waals surface area contributed by atoms with E-state index in [4.69, 9.17) is 10.5 Å². The molecule has 18 heavy (non-hydrogen) atoms. The van der Waals surface area contributed by atoms with Crippen LogP contribution < -0.4 is 10.5 Å². The summed E-state index contributed by atoms with van der Waals surface area (Å²) in [6.07, 6.45) is 3.15. The number of likely N-dealkylation sites (tertiary alicyclic amines) is 1. The van der Waals surface area contributed by atoms with Crippen LogP contribution in [0, 0.1) is 5.82 Å². The van der Waals surface area contributed by atoms with Crippen LogP contribution in [0.25, 0.3) is 0 Å². The Morgan fingerprint density at radius 1 is 1.39 bits per heavy atom. The fourth-order valence-electron chi connectivity index (χ4n) is 2.38. The summed E-state index contributed by atoms with van der Waals surface area (Å²) in [5, 5.41) is 0. The van der Waals surface area contributed by atoms with E-state index in [1.807, 2.05) is 0 Å². The van der Waals surface area contributed by atoms with Gasteiger partial charge >= 0.3 is 0 Å². The first-order valence-corrected chi connectivity index (χ1v) is 6.49. The molecule has 3 nitrogen and oxygen atoms in total. The van der Waals surface area contributed by atoms with E-state index in [-0.39, 0.29) is 5.82 Å². The molecule has 100 valence electrons. The lowest BCUT2D eigenvalue weighted by Gasteiger charge is -2.20. The van der Waals surface area contributed by atoms with Gasteiger partial charge in [-0.1, -0.05) is 0 Å². The van der Waals surface area contributed by atoms with Gasteiger partial charge in [-0.2, -0.15) is 0 Å². The van der Waals surface area contributed by atoms with E-state index < -0.39 is 0 Å². The van der Waals surface area contributed by atoms with E-state index in [2.05, 4.69) is 4.90 Å². The molecule has 1 aromatic carbocycles. The van der Waals surface area contributed by atoms with Crippen molar-refractivity contribution in [1.29, 1.82) is 0 Å². The zero-order valence-corrected chi connectivity index (χ0v) is 10.9. The van der Waals surface area contributed by atoms with Crippen LogP contribution in [0.2, 0.25) is 0 Å². The van der Waals surface area contributed by atoms with Crippen molar-refractivity contribution in [2.24, 2.45) is 5.73 Å². The highest BCUT2D eigenvalue weighted by Crippen LogP contribution is 2.19. The molecule has 1 heterocycles. The maximum absolute atomic E-state index is 13.7. The second kappa shape index (κ2) is 6.16. The number of hydrogen-bond donors (Lipinski definition) is 1. The Bertz CT molecular complexity index is 397. The van der Waals surface area contributed by atoms with Crippen molar-refractivity contribution in [2.45, 2.75) is 31.8 Å². The van der Waals surface area contributed by atoms with Crippen LogP contribution in [0.4, 0.5) is 4.39 Å². The highest BCUT2D eigenvalue weighted by Gasteiger charge is 2.15. The van der Waals surface area contributed by atoms with E-state index in [0.717, 1.165) is 32.4 Å². The summed E-state index contributed by atoms with van der Waals surface area (Å²) in [6.45, 7) is 2.57. The van der Waals surface area contributed by atoms with Crippen molar-refractivity contribution >= 4 is 0 Å². The molecule has 0 spiro atoms. The summed E-state index contributed by atoms with van der Waals surface area (Å²) >= 11 is 0. The Kier molecular flexibility index (Phi) is 4.55. The smallest absolute Gasteiger partial charge is 0.127 e. The number of halogens is 1. The number of benzene rings is 1. The van der Waals surface area contributed by atoms with Crippen LogP contribution in [0.1, 0.15) is 24.8 Å². The number of hydrogen-bond acceptors (Lipinski definition) is 3. The molecule has 1 aliphatic rings. The van der Waals surface area contributed by atoms with Gasteiger partial charge < -0.3 is 10.5 Å². The summed E-state index contributed by atoms with van der Waals surface area (Å²) in [7, 11) is 1.60. The third-order valence-corrected chi connectivity index (χ3v) is 3.51. The Morgan fingerprint density at radius 3 is 3.00 bits per heavy atom. The number of methoxy groups -OCH3 is 1. The fourth-order valence-corrected chi connectivity index (χ4v) is 2.38. The minimum atomic E-state index is -0.163. The molecule has 1 atom stereocenters. The monoisotopic (exact) mass is 252 g/mol. The van der Waals surface area contributed by atoms with Gasteiger partial charge in [0.2, 0.25) is 0 Å². The lowest BCUT2D eigenvalue weighted by molar-refractivity contribution is 0.271. The number of nitrogens with zero attached hydrogens (tertiary/aromatic N) is 1. The van der Waals surface area contributed by atoms with E-state index in [1.165, 1.54) is 6.07 Å². The Labute approximate surface area is 108 Å². The lowest BCUT2D eigenvalue weighted by Crippen LogP contribution is -2.26. The third kappa shape index (κ3) is 3.43. The lowest BCUT2D eigenvalue weighted by atomic mass is 10.1. The topological polar surface area (TPSA) is 38.5 Å². The summed E-state index contributed by atoms with van der Waals surface area (Å²) in [5.74, 6) is 0.544. The Hall–Kier alpha value is -1.13. The predicted molar refractivity (Wildman–Crippen MR) is 70.1 cm³/mol. The van der Waals surface area contributed by atoms with Crippen LogP contribution in [0.5, 0.6) is 5.75 Å². The first kappa shape index (κ1) is 13.3. The van der Waals surface area contributed by atoms with Gasteiger partial charge in [0.1, 0.15) is 11.6 Å². The molecule has 0 saturated carbocycles. The van der Waals surface area contributed by atoms with Gasteiger partial charge in [-0.3, -0.25) is 4.90 Å². The van der Waals surface area contributed by atoms with Gasteiger partial charge in [-0.25, -0.2) is 4.39 Å². The van der Waals surface area contributed by atoms with Gasteiger partial charge in [0, 0.05) is 18.2 Å². The molecule has 0 radical (unpaired) electrons. The number of ether oxygens (including phenoxy) is 1. The molecular weight excluding hydrogens is 231 g/mol. The molecule has 2 N–H and O–H groups in total. The summed E-state index contributed by atoms with van der Waals surface area (Å²) in [4.78, 5) is 2.27. The van der Waals surface area contributed by atoms with E-state index >= 15 is 0 Å². The molecule has 1 fully saturated rings. The zero-order chi connectivity index (χ0) is 13.0. The quantitative estimate of drug-likeness (QED) is 0.895. The van der Waals surface area contributed by atoms with Crippen LogP contribution in [-0.2, 0) is 6.54 Å². The molecule has 0 aromatic heterocycles. The summed E-state index contributed by atoms with van der Waals surface area (Å²) < 4.78 is 18.9. The average Bonchev–Trinajstić information content (AvgIpc) is 2.57. The van der Waals surface area contributed by atoms with Gasteiger partial charge in [-0.15, -0.1) is 0 Å². The molecule has 0 bridgehead atoms. The fraction of sp³-hybridized carbons (Fsp3) is 0.571. The predicted octanol–water partition coefficient (Wildman–Crippen LogP) is 2.15. The Balaban J connectivity index is 2.03. The molecule has 1 aliphatic heterocycles. The SMILES string of the molecule is COc1ccc(F)c(CN2CCC[C@@H](N)CC2)c1. The van der Waals surface area contributed by atoms with Crippen LogP contribution in [0.3, 0.4) is 0 Å². The number of rotatable bonds is 3. The molecular formula is C14H21FN2O. The van der Waals surface area contributed by atoms with Crippen molar-refractivity contribution in [3.8, 4) is 5.75 Å². The highest BCUT2D eigenvalue weighted by atomic mass is 19.1. The summed E-state index contributed by atoms with van der Waals surface area (Å²) in [6, 6.07) is 5.19. The van der Waals surface area contributed by atoms with Crippen LogP contribution >= 0.6 is 0 Å². The molecule has 0 unspecified atom stereocenters. The van der Waals surface area contributed by atoms with E-state index in [0.29, 0.717) is 23.9 Å². The highest BCUT2D eigenvalue weighted by molar-refractivity contribution is 5.29. The van der Waals surface area contributed by atoms with Crippen molar-refractivity contribution < 1.29 is 9.13 Å². The number of nitrogens with two attached hydrogens (primary N) is 1. The van der Waals surface area contributed by atoms with E-state index in [9.17, 15) is 4.39 Å². The average molecular weight is 252 g/mol. The van der Waals surface area contributed by atoms with Gasteiger partial charge in [0.15, 0.2) is 0 Å². The normalized spacial score (nSPS) is 21.6. The minimum absolute atomic E-state index is 0.163. The molecule has 0 aliphatic carbocycles. The molecule has 1 aromatic rings. The third-order valence-electron chi connectivity index (χ3n) is 3.51. The molecule has 0 amide bonds.